The van der Waals surface area contributed by atoms with Crippen LogP contribution in [0.15, 0.2) is 47.8 Å². The van der Waals surface area contributed by atoms with Crippen LogP contribution in [0.3, 0.4) is 0 Å². The van der Waals surface area contributed by atoms with Crippen molar-refractivity contribution < 1.29 is 9.53 Å². The number of hydrogen-bond donors (Lipinski definition) is 1. The highest BCUT2D eigenvalue weighted by Gasteiger charge is 2.20. The van der Waals surface area contributed by atoms with Crippen LogP contribution in [0.1, 0.15) is 17.7 Å². The van der Waals surface area contributed by atoms with Crippen molar-refractivity contribution in [2.24, 2.45) is 5.92 Å². The second-order valence-corrected chi connectivity index (χ2v) is 8.10. The van der Waals surface area contributed by atoms with Gasteiger partial charge in [0.2, 0.25) is 0 Å². The summed E-state index contributed by atoms with van der Waals surface area (Å²) in [6.07, 6.45) is 2.29. The summed E-state index contributed by atoms with van der Waals surface area (Å²) in [7, 11) is 1.81. The molecule has 0 aliphatic carbocycles. The zero-order chi connectivity index (χ0) is 18.9. The number of likely N-dealkylation sites (tertiary alicyclic amines) is 1. The quantitative estimate of drug-likeness (QED) is 0.751. The number of carbonyl (C=O) groups excluding carboxylic acids is 1. The number of para-hydroxylation sites is 1. The summed E-state index contributed by atoms with van der Waals surface area (Å²) >= 11 is 1.83. The Kier molecular flexibility index (Phi) is 7.54. The van der Waals surface area contributed by atoms with E-state index in [1.807, 2.05) is 48.7 Å². The minimum atomic E-state index is -0.0207. The Hall–Kier alpha value is -2.05. The van der Waals surface area contributed by atoms with E-state index in [-0.39, 0.29) is 6.03 Å². The summed E-state index contributed by atoms with van der Waals surface area (Å²) in [5.74, 6) is 1.41. The van der Waals surface area contributed by atoms with Crippen LogP contribution in [0.25, 0.3) is 0 Å². The number of piperidine rings is 1. The molecule has 1 aliphatic rings. The van der Waals surface area contributed by atoms with Gasteiger partial charge in [-0.2, -0.15) is 0 Å². The largest absolute Gasteiger partial charge is 0.492 e. The first-order chi connectivity index (χ1) is 13.2. The third-order valence-electron chi connectivity index (χ3n) is 4.99. The fraction of sp³-hybridized carbons (Fsp3) is 0.476. The van der Waals surface area contributed by atoms with Crippen molar-refractivity contribution >= 4 is 17.4 Å². The Morgan fingerprint density at radius 2 is 2.00 bits per heavy atom. The van der Waals surface area contributed by atoms with Crippen LogP contribution in [-0.2, 0) is 6.54 Å². The molecule has 1 aromatic heterocycles. The number of ether oxygens (including phenoxy) is 1. The number of hydrogen-bond acceptors (Lipinski definition) is 4. The molecule has 1 saturated heterocycles. The number of nitrogens with zero attached hydrogens (tertiary/aromatic N) is 2. The zero-order valence-electron chi connectivity index (χ0n) is 16.0. The Balaban J connectivity index is 1.28. The van der Waals surface area contributed by atoms with Crippen molar-refractivity contribution in [2.45, 2.75) is 19.4 Å². The van der Waals surface area contributed by atoms with Crippen molar-refractivity contribution in [2.75, 3.05) is 39.8 Å². The van der Waals surface area contributed by atoms with Gasteiger partial charge in [0.15, 0.2) is 0 Å². The second-order valence-electron chi connectivity index (χ2n) is 7.07. The van der Waals surface area contributed by atoms with Crippen LogP contribution in [-0.4, -0.2) is 55.7 Å². The van der Waals surface area contributed by atoms with Gasteiger partial charge in [0.05, 0.1) is 6.54 Å². The molecule has 3 rings (SSSR count). The lowest BCUT2D eigenvalue weighted by atomic mass is 9.97. The lowest BCUT2D eigenvalue weighted by Gasteiger charge is -2.32. The fourth-order valence-electron chi connectivity index (χ4n) is 3.26. The van der Waals surface area contributed by atoms with Crippen molar-refractivity contribution in [3.8, 4) is 5.75 Å². The van der Waals surface area contributed by atoms with Gasteiger partial charge in [0, 0.05) is 25.0 Å². The van der Waals surface area contributed by atoms with Crippen LogP contribution in [0.2, 0.25) is 0 Å². The molecule has 0 unspecified atom stereocenters. The lowest BCUT2D eigenvalue weighted by Crippen LogP contribution is -2.43. The number of urea groups is 1. The predicted octanol–water partition coefficient (Wildman–Crippen LogP) is 3.68. The van der Waals surface area contributed by atoms with E-state index in [2.05, 4.69) is 27.7 Å². The average molecular weight is 388 g/mol. The number of likely N-dealkylation sites (N-methyl/N-ethyl adjacent to an activating group) is 1. The van der Waals surface area contributed by atoms with Gasteiger partial charge >= 0.3 is 6.03 Å². The van der Waals surface area contributed by atoms with Crippen LogP contribution in [0.5, 0.6) is 5.75 Å². The first-order valence-electron chi connectivity index (χ1n) is 9.62. The third kappa shape index (κ3) is 6.56. The molecule has 27 heavy (non-hydrogen) atoms. The molecule has 6 heteroatoms. The minimum Gasteiger partial charge on any atom is -0.492 e. The van der Waals surface area contributed by atoms with Crippen LogP contribution in [0.4, 0.5) is 4.79 Å². The molecule has 2 aromatic rings. The normalized spacial score (nSPS) is 15.4. The van der Waals surface area contributed by atoms with E-state index in [0.29, 0.717) is 19.1 Å². The van der Waals surface area contributed by atoms with Crippen molar-refractivity contribution in [1.29, 1.82) is 0 Å². The van der Waals surface area contributed by atoms with Gasteiger partial charge in [-0.3, -0.25) is 4.90 Å². The van der Waals surface area contributed by atoms with E-state index in [1.54, 1.807) is 4.90 Å². The van der Waals surface area contributed by atoms with Crippen molar-refractivity contribution in [1.82, 2.24) is 15.1 Å². The van der Waals surface area contributed by atoms with Crippen molar-refractivity contribution in [3.63, 3.8) is 0 Å². The predicted molar refractivity (Wildman–Crippen MR) is 110 cm³/mol. The summed E-state index contributed by atoms with van der Waals surface area (Å²) in [5.41, 5.74) is 0. The first-order valence-corrected chi connectivity index (χ1v) is 10.5. The molecule has 1 aliphatic heterocycles. The highest BCUT2D eigenvalue weighted by Crippen LogP contribution is 2.20. The third-order valence-corrected chi connectivity index (χ3v) is 5.86. The minimum absolute atomic E-state index is 0.0207. The molecule has 0 saturated carbocycles. The monoisotopic (exact) mass is 387 g/mol. The smallest absolute Gasteiger partial charge is 0.317 e. The molecule has 0 spiro atoms. The van der Waals surface area contributed by atoms with Crippen LogP contribution >= 0.6 is 11.3 Å². The highest BCUT2D eigenvalue weighted by molar-refractivity contribution is 7.09. The van der Waals surface area contributed by atoms with E-state index in [4.69, 9.17) is 4.74 Å². The Labute approximate surface area is 165 Å². The molecule has 146 valence electrons. The van der Waals surface area contributed by atoms with E-state index in [9.17, 15) is 4.79 Å². The Bertz CT molecular complexity index is 670. The van der Waals surface area contributed by atoms with Gasteiger partial charge in [-0.25, -0.2) is 4.79 Å². The summed E-state index contributed by atoms with van der Waals surface area (Å²) < 4.78 is 5.65. The number of nitrogens with one attached hydrogen (secondary N) is 1. The molecule has 2 amide bonds. The summed E-state index contributed by atoms with van der Waals surface area (Å²) in [5, 5.41) is 5.21. The Morgan fingerprint density at radius 3 is 2.70 bits per heavy atom. The van der Waals surface area contributed by atoms with Gasteiger partial charge in [0.25, 0.3) is 0 Å². The molecule has 1 fully saturated rings. The molecular formula is C21H29N3O2S. The van der Waals surface area contributed by atoms with Gasteiger partial charge < -0.3 is 15.0 Å². The fourth-order valence-corrected chi connectivity index (χ4v) is 4.00. The maximum absolute atomic E-state index is 12.3. The molecule has 1 N–H and O–H groups in total. The standard InChI is InChI=1S/C21H29N3O2S/c1-23(13-14-26-19-6-3-2-4-7-19)21(25)22-16-18-9-11-24(12-10-18)17-20-8-5-15-27-20/h2-8,15,18H,9-14,16-17H2,1H3,(H,22,25). The molecule has 0 radical (unpaired) electrons. The van der Waals surface area contributed by atoms with Crippen molar-refractivity contribution in [3.05, 3.63) is 52.7 Å². The maximum Gasteiger partial charge on any atom is 0.317 e. The molecule has 2 heterocycles. The van der Waals surface area contributed by atoms with E-state index in [1.165, 1.54) is 4.88 Å². The molecule has 0 atom stereocenters. The van der Waals surface area contributed by atoms with Crippen LogP contribution < -0.4 is 10.1 Å². The molecule has 5 nitrogen and oxygen atoms in total. The van der Waals surface area contributed by atoms with E-state index >= 15 is 0 Å². The van der Waals surface area contributed by atoms with Gasteiger partial charge in [-0.15, -0.1) is 11.3 Å². The van der Waals surface area contributed by atoms with E-state index in [0.717, 1.165) is 44.8 Å². The zero-order valence-corrected chi connectivity index (χ0v) is 16.8. The SMILES string of the molecule is CN(CCOc1ccccc1)C(=O)NCC1CCN(Cc2cccs2)CC1. The topological polar surface area (TPSA) is 44.8 Å². The molecule has 1 aromatic carbocycles. The summed E-state index contributed by atoms with van der Waals surface area (Å²) in [6.45, 7) is 5.10. The van der Waals surface area contributed by atoms with Gasteiger partial charge in [-0.1, -0.05) is 24.3 Å². The number of benzene rings is 1. The average Bonchev–Trinajstić information content (AvgIpc) is 3.21. The van der Waals surface area contributed by atoms with E-state index < -0.39 is 0 Å². The highest BCUT2D eigenvalue weighted by atomic mass is 32.1. The lowest BCUT2D eigenvalue weighted by molar-refractivity contribution is 0.169. The second kappa shape index (κ2) is 10.3. The maximum atomic E-state index is 12.3. The van der Waals surface area contributed by atoms with Gasteiger partial charge in [0.1, 0.15) is 12.4 Å². The number of thiophene rings is 1. The van der Waals surface area contributed by atoms with Gasteiger partial charge in [-0.05, 0) is 55.4 Å². The number of amides is 2. The van der Waals surface area contributed by atoms with Crippen LogP contribution in [0, 0.1) is 5.92 Å². The molecular weight excluding hydrogens is 358 g/mol. The number of carbonyl (C=O) groups is 1. The summed E-state index contributed by atoms with van der Waals surface area (Å²) in [6, 6.07) is 14.0. The Morgan fingerprint density at radius 1 is 1.22 bits per heavy atom. The summed E-state index contributed by atoms with van der Waals surface area (Å²) in [4.78, 5) is 17.9. The first kappa shape index (κ1) is 19.7. The molecule has 0 bridgehead atoms. The number of rotatable bonds is 8.